The highest BCUT2D eigenvalue weighted by molar-refractivity contribution is 7.16. The molecule has 14 heteroatoms. The predicted octanol–water partition coefficient (Wildman–Crippen LogP) is 5.18. The highest BCUT2D eigenvalue weighted by Crippen LogP contribution is 2.33. The van der Waals surface area contributed by atoms with Crippen molar-refractivity contribution in [2.24, 2.45) is 0 Å². The molecular formula is C24H23F3N8OS2. The fraction of sp³-hybridized carbons (Fsp3) is 0.333. The van der Waals surface area contributed by atoms with Crippen molar-refractivity contribution in [2.45, 2.75) is 33.0 Å². The van der Waals surface area contributed by atoms with Crippen LogP contribution in [0.15, 0.2) is 36.1 Å². The molecule has 198 valence electrons. The molecule has 1 amide bonds. The summed E-state index contributed by atoms with van der Waals surface area (Å²) in [5.41, 5.74) is 1.36. The van der Waals surface area contributed by atoms with Crippen molar-refractivity contribution in [3.63, 3.8) is 0 Å². The molecule has 1 saturated heterocycles. The third kappa shape index (κ3) is 5.45. The van der Waals surface area contributed by atoms with E-state index in [0.717, 1.165) is 33.7 Å². The van der Waals surface area contributed by atoms with Crippen molar-refractivity contribution >= 4 is 45.5 Å². The number of thiazole rings is 2. The van der Waals surface area contributed by atoms with Gasteiger partial charge in [0.25, 0.3) is 5.91 Å². The highest BCUT2D eigenvalue weighted by atomic mass is 32.1. The van der Waals surface area contributed by atoms with Gasteiger partial charge < -0.3 is 15.1 Å². The van der Waals surface area contributed by atoms with E-state index in [9.17, 15) is 18.0 Å². The number of anilines is 3. The van der Waals surface area contributed by atoms with E-state index < -0.39 is 11.7 Å². The largest absolute Gasteiger partial charge is 0.419 e. The van der Waals surface area contributed by atoms with Gasteiger partial charge in [-0.2, -0.15) is 13.2 Å². The molecule has 0 spiro atoms. The number of hydrogen-bond donors (Lipinski definition) is 1. The van der Waals surface area contributed by atoms with Gasteiger partial charge >= 0.3 is 6.18 Å². The Labute approximate surface area is 224 Å². The number of rotatable bonds is 5. The quantitative estimate of drug-likeness (QED) is 0.356. The summed E-state index contributed by atoms with van der Waals surface area (Å²) in [6.45, 7) is 6.99. The summed E-state index contributed by atoms with van der Waals surface area (Å²) in [6.07, 6.45) is -1.41. The van der Waals surface area contributed by atoms with Gasteiger partial charge in [0.1, 0.15) is 5.82 Å². The van der Waals surface area contributed by atoms with Gasteiger partial charge in [-0.25, -0.2) is 24.9 Å². The zero-order chi connectivity index (χ0) is 27.0. The second-order valence-electron chi connectivity index (χ2n) is 8.81. The lowest BCUT2D eigenvalue weighted by atomic mass is 10.1. The molecule has 0 aliphatic carbocycles. The first kappa shape index (κ1) is 26.0. The Morgan fingerprint density at radius 3 is 2.45 bits per heavy atom. The number of hydrogen-bond acceptors (Lipinski definition) is 10. The molecule has 5 rings (SSSR count). The average Bonchev–Trinajstić information content (AvgIpc) is 3.48. The minimum Gasteiger partial charge on any atom is -0.337 e. The van der Waals surface area contributed by atoms with E-state index in [-0.39, 0.29) is 17.9 Å². The van der Waals surface area contributed by atoms with Crippen LogP contribution in [0.3, 0.4) is 0 Å². The highest BCUT2D eigenvalue weighted by Gasteiger charge is 2.33. The molecule has 0 unspecified atom stereocenters. The van der Waals surface area contributed by atoms with E-state index in [0.29, 0.717) is 36.1 Å². The van der Waals surface area contributed by atoms with E-state index in [4.69, 9.17) is 0 Å². The normalized spacial score (nSPS) is 16.1. The molecule has 9 nitrogen and oxygen atoms in total. The second kappa shape index (κ2) is 10.3. The molecular weight excluding hydrogens is 537 g/mol. The average molecular weight is 561 g/mol. The molecule has 1 aliphatic heterocycles. The Morgan fingerprint density at radius 1 is 1.08 bits per heavy atom. The Hall–Kier alpha value is -3.65. The summed E-state index contributed by atoms with van der Waals surface area (Å²) in [5, 5.41) is 6.82. The molecule has 1 atom stereocenters. The van der Waals surface area contributed by atoms with Crippen molar-refractivity contribution in [1.82, 2.24) is 29.8 Å². The number of aromatic nitrogens is 5. The van der Waals surface area contributed by atoms with Crippen LogP contribution < -0.4 is 10.2 Å². The summed E-state index contributed by atoms with van der Waals surface area (Å²) < 4.78 is 38.4. The number of amides is 1. The van der Waals surface area contributed by atoms with Crippen molar-refractivity contribution < 1.29 is 18.0 Å². The molecule has 0 radical (unpaired) electrons. The van der Waals surface area contributed by atoms with Crippen LogP contribution in [0.1, 0.15) is 33.5 Å². The van der Waals surface area contributed by atoms with E-state index in [1.807, 2.05) is 26.2 Å². The number of piperazine rings is 1. The van der Waals surface area contributed by atoms with Crippen molar-refractivity contribution in [3.8, 4) is 10.6 Å². The summed E-state index contributed by atoms with van der Waals surface area (Å²) in [4.78, 5) is 38.9. The monoisotopic (exact) mass is 560 g/mol. The maximum absolute atomic E-state index is 13.1. The minimum atomic E-state index is -4.49. The number of aryl methyl sites for hydroxylation is 2. The molecule has 1 N–H and O–H groups in total. The topological polar surface area (TPSA) is 100 Å². The lowest BCUT2D eigenvalue weighted by Crippen LogP contribution is -2.54. The summed E-state index contributed by atoms with van der Waals surface area (Å²) in [7, 11) is 0. The zero-order valence-corrected chi connectivity index (χ0v) is 22.3. The van der Waals surface area contributed by atoms with Crippen LogP contribution in [-0.2, 0) is 6.18 Å². The summed E-state index contributed by atoms with van der Waals surface area (Å²) in [5.74, 6) is 0.606. The van der Waals surface area contributed by atoms with Gasteiger partial charge in [0.15, 0.2) is 5.13 Å². The van der Waals surface area contributed by atoms with Crippen LogP contribution in [0.4, 0.5) is 30.1 Å². The van der Waals surface area contributed by atoms with Gasteiger partial charge in [0.05, 0.1) is 32.4 Å². The van der Waals surface area contributed by atoms with E-state index in [1.165, 1.54) is 17.5 Å². The van der Waals surface area contributed by atoms with Crippen LogP contribution in [0.2, 0.25) is 0 Å². The van der Waals surface area contributed by atoms with Gasteiger partial charge in [-0.05, 0) is 32.9 Å². The van der Waals surface area contributed by atoms with Gasteiger partial charge in [-0.15, -0.1) is 22.7 Å². The SMILES string of the molecule is Cc1nc(C)c(-c2csc(Nc3ccc(C(=O)N4CCN(c5ncc(C(F)(F)F)cn5)C[C@H]4C)cn3)n2)s1. The number of nitrogens with zero attached hydrogens (tertiary/aromatic N) is 7. The third-order valence-electron chi connectivity index (χ3n) is 6.02. The summed E-state index contributed by atoms with van der Waals surface area (Å²) >= 11 is 3.06. The molecule has 5 heterocycles. The Morgan fingerprint density at radius 2 is 1.84 bits per heavy atom. The first-order chi connectivity index (χ1) is 18.1. The van der Waals surface area contributed by atoms with Gasteiger partial charge in [0, 0.05) is 49.6 Å². The van der Waals surface area contributed by atoms with Crippen LogP contribution in [0.25, 0.3) is 10.6 Å². The van der Waals surface area contributed by atoms with Crippen LogP contribution in [-0.4, -0.2) is 61.4 Å². The molecule has 38 heavy (non-hydrogen) atoms. The molecule has 0 saturated carbocycles. The minimum absolute atomic E-state index is 0.169. The van der Waals surface area contributed by atoms with E-state index in [2.05, 4.69) is 30.2 Å². The number of carbonyl (C=O) groups is 1. The van der Waals surface area contributed by atoms with E-state index >= 15 is 0 Å². The zero-order valence-electron chi connectivity index (χ0n) is 20.7. The van der Waals surface area contributed by atoms with Gasteiger partial charge in [-0.1, -0.05) is 0 Å². The Bertz CT molecular complexity index is 1440. The Kier molecular flexibility index (Phi) is 7.01. The fourth-order valence-electron chi connectivity index (χ4n) is 4.15. The first-order valence-electron chi connectivity index (χ1n) is 11.7. The lowest BCUT2D eigenvalue weighted by Gasteiger charge is -2.39. The maximum Gasteiger partial charge on any atom is 0.419 e. The first-order valence-corrected chi connectivity index (χ1v) is 13.4. The van der Waals surface area contributed by atoms with Crippen molar-refractivity contribution in [2.75, 3.05) is 29.9 Å². The molecule has 4 aromatic heterocycles. The number of halogens is 3. The lowest BCUT2D eigenvalue weighted by molar-refractivity contribution is -0.138. The van der Waals surface area contributed by atoms with Crippen molar-refractivity contribution in [3.05, 3.63) is 57.9 Å². The van der Waals surface area contributed by atoms with Crippen LogP contribution in [0.5, 0.6) is 0 Å². The smallest absolute Gasteiger partial charge is 0.337 e. The van der Waals surface area contributed by atoms with Crippen molar-refractivity contribution in [1.29, 1.82) is 0 Å². The maximum atomic E-state index is 13.1. The van der Waals surface area contributed by atoms with Crippen LogP contribution >= 0.6 is 22.7 Å². The Balaban J connectivity index is 1.20. The number of pyridine rings is 1. The van der Waals surface area contributed by atoms with E-state index in [1.54, 1.807) is 33.3 Å². The number of carbonyl (C=O) groups excluding carboxylic acids is 1. The summed E-state index contributed by atoms with van der Waals surface area (Å²) in [6, 6.07) is 3.24. The number of nitrogens with one attached hydrogen (secondary N) is 1. The standard InChI is InChI=1S/C24H23F3N8OS2/c1-13-11-34(22-29-9-17(10-30-22)24(25,26)27)6-7-35(13)21(36)16-4-5-19(28-8-16)33-23-32-18(12-37-23)20-14(2)31-15(3)38-20/h4-5,8-10,12-13H,6-7,11H2,1-3H3,(H,28,32,33)/t13-/m1/s1. The molecule has 0 bridgehead atoms. The predicted molar refractivity (Wildman–Crippen MR) is 140 cm³/mol. The van der Waals surface area contributed by atoms with Crippen LogP contribution in [0, 0.1) is 13.8 Å². The molecule has 1 aliphatic rings. The third-order valence-corrected chi connectivity index (χ3v) is 7.88. The number of alkyl halides is 3. The van der Waals surface area contributed by atoms with Gasteiger partial charge in [0.2, 0.25) is 5.95 Å². The second-order valence-corrected chi connectivity index (χ2v) is 10.9. The molecule has 1 fully saturated rings. The fourth-order valence-corrected chi connectivity index (χ4v) is 5.81. The van der Waals surface area contributed by atoms with Gasteiger partial charge in [-0.3, -0.25) is 4.79 Å². The molecule has 4 aromatic rings. The molecule has 0 aromatic carbocycles.